The first-order valence-electron chi connectivity index (χ1n) is 3.04. The van der Waals surface area contributed by atoms with Crippen LogP contribution in [-0.2, 0) is 14.3 Å². The van der Waals surface area contributed by atoms with Crippen molar-refractivity contribution < 1.29 is 19.4 Å². The Morgan fingerprint density at radius 2 is 2.00 bits per heavy atom. The molecule has 4 heteroatoms. The van der Waals surface area contributed by atoms with Gasteiger partial charge in [-0.15, -0.1) is 0 Å². The highest BCUT2D eigenvalue weighted by molar-refractivity contribution is 5.96. The molecule has 0 radical (unpaired) electrons. The third kappa shape index (κ3) is 3.52. The number of hydrogen-bond acceptors (Lipinski definition) is 4. The van der Waals surface area contributed by atoms with E-state index in [1.54, 1.807) is 0 Å². The molecule has 0 heterocycles. The van der Waals surface area contributed by atoms with Crippen LogP contribution in [0.5, 0.6) is 0 Å². The van der Waals surface area contributed by atoms with Crippen LogP contribution < -0.4 is 0 Å². The molecule has 0 aromatic heterocycles. The lowest BCUT2D eigenvalue weighted by molar-refractivity contribution is -0.162. The summed E-state index contributed by atoms with van der Waals surface area (Å²) in [4.78, 5) is 21.1. The van der Waals surface area contributed by atoms with E-state index in [1.807, 2.05) is 0 Å². The normalized spacial score (nSPS) is 11.9. The second-order valence-electron chi connectivity index (χ2n) is 2.16. The molecule has 0 amide bonds. The van der Waals surface area contributed by atoms with Crippen LogP contribution in [0, 0.1) is 0 Å². The van der Waals surface area contributed by atoms with Gasteiger partial charge in [-0.2, -0.15) is 0 Å². The van der Waals surface area contributed by atoms with Crippen molar-refractivity contribution in [2.75, 3.05) is 0 Å². The molecule has 0 aliphatic carbocycles. The van der Waals surface area contributed by atoms with Gasteiger partial charge in [-0.05, 0) is 13.8 Å². The van der Waals surface area contributed by atoms with Gasteiger partial charge in [0.1, 0.15) is 6.10 Å². The number of carbonyl (C=O) groups excluding carboxylic acids is 2. The molecule has 11 heavy (non-hydrogen) atoms. The molecule has 0 rings (SSSR count). The maximum atomic E-state index is 10.6. The largest absolute Gasteiger partial charge is 0.388 e. The number of hydrogen-bond donors (Lipinski definition) is 1. The van der Waals surface area contributed by atoms with Crippen molar-refractivity contribution in [1.82, 2.24) is 0 Å². The summed E-state index contributed by atoms with van der Waals surface area (Å²) in [5.74, 6) is -1.77. The Kier molecular flexibility index (Phi) is 3.47. The van der Waals surface area contributed by atoms with Gasteiger partial charge in [-0.25, -0.2) is 9.59 Å². The van der Waals surface area contributed by atoms with Crippen LogP contribution in [0.1, 0.15) is 13.8 Å². The van der Waals surface area contributed by atoms with Crippen LogP contribution in [0.25, 0.3) is 0 Å². The van der Waals surface area contributed by atoms with Gasteiger partial charge in [0.2, 0.25) is 0 Å². The highest BCUT2D eigenvalue weighted by Gasteiger charge is 2.15. The molecule has 0 spiro atoms. The van der Waals surface area contributed by atoms with Gasteiger partial charge in [-0.1, -0.05) is 6.58 Å². The van der Waals surface area contributed by atoms with Crippen LogP contribution in [0.4, 0.5) is 0 Å². The van der Waals surface area contributed by atoms with Crippen molar-refractivity contribution >= 4 is 11.9 Å². The SMILES string of the molecule is C=C(C)C(=O)OC(=O)C(C)O. The summed E-state index contributed by atoms with van der Waals surface area (Å²) in [6.45, 7) is 5.89. The smallest absolute Gasteiger partial charge is 0.342 e. The van der Waals surface area contributed by atoms with Crippen molar-refractivity contribution in [2.24, 2.45) is 0 Å². The Labute approximate surface area is 64.5 Å². The first kappa shape index (κ1) is 9.84. The molecular formula is C7H10O4. The summed E-state index contributed by atoms with van der Waals surface area (Å²) in [6.07, 6.45) is -1.28. The van der Waals surface area contributed by atoms with Crippen LogP contribution in [0.3, 0.4) is 0 Å². The Morgan fingerprint density at radius 1 is 1.55 bits per heavy atom. The average molecular weight is 158 g/mol. The number of carbonyl (C=O) groups is 2. The molecule has 0 aliphatic rings. The molecule has 0 aromatic carbocycles. The van der Waals surface area contributed by atoms with Gasteiger partial charge in [0.25, 0.3) is 0 Å². The number of rotatable bonds is 2. The van der Waals surface area contributed by atoms with Gasteiger partial charge >= 0.3 is 11.9 Å². The highest BCUT2D eigenvalue weighted by Crippen LogP contribution is 1.94. The molecular weight excluding hydrogens is 148 g/mol. The predicted octanol–water partition coefficient (Wildman–Crippen LogP) is 0.0131. The molecule has 1 unspecified atom stereocenters. The number of ether oxygens (including phenoxy) is 1. The van der Waals surface area contributed by atoms with Crippen molar-refractivity contribution in [1.29, 1.82) is 0 Å². The Balaban J connectivity index is 3.96. The predicted molar refractivity (Wildman–Crippen MR) is 37.6 cm³/mol. The monoisotopic (exact) mass is 158 g/mol. The molecule has 1 N–H and O–H groups in total. The van der Waals surface area contributed by atoms with Gasteiger partial charge < -0.3 is 9.84 Å². The van der Waals surface area contributed by atoms with E-state index in [-0.39, 0.29) is 5.57 Å². The minimum Gasteiger partial charge on any atom is -0.388 e. The van der Waals surface area contributed by atoms with E-state index in [0.717, 1.165) is 0 Å². The zero-order chi connectivity index (χ0) is 9.02. The van der Waals surface area contributed by atoms with E-state index >= 15 is 0 Å². The van der Waals surface area contributed by atoms with E-state index in [0.29, 0.717) is 0 Å². The van der Waals surface area contributed by atoms with Gasteiger partial charge in [0.05, 0.1) is 0 Å². The first-order chi connectivity index (χ1) is 4.95. The summed E-state index contributed by atoms with van der Waals surface area (Å²) < 4.78 is 4.15. The number of aliphatic hydroxyl groups is 1. The van der Waals surface area contributed by atoms with Gasteiger partial charge in [0.15, 0.2) is 0 Å². The van der Waals surface area contributed by atoms with Crippen molar-refractivity contribution in [3.8, 4) is 0 Å². The van der Waals surface area contributed by atoms with Crippen LogP contribution in [-0.4, -0.2) is 23.1 Å². The molecule has 4 nitrogen and oxygen atoms in total. The topological polar surface area (TPSA) is 63.6 Å². The molecule has 0 saturated heterocycles. The molecule has 0 aliphatic heterocycles. The molecule has 0 bridgehead atoms. The first-order valence-corrected chi connectivity index (χ1v) is 3.04. The molecule has 0 aromatic rings. The molecule has 1 atom stereocenters. The standard InChI is InChI=1S/C7H10O4/c1-4(2)6(9)11-7(10)5(3)8/h5,8H,1H2,2-3H3. The van der Waals surface area contributed by atoms with E-state index < -0.39 is 18.0 Å². The lowest BCUT2D eigenvalue weighted by Crippen LogP contribution is -2.23. The summed E-state index contributed by atoms with van der Waals surface area (Å²) in [6, 6.07) is 0. The lowest BCUT2D eigenvalue weighted by atomic mass is 10.3. The zero-order valence-electron chi connectivity index (χ0n) is 6.46. The van der Waals surface area contributed by atoms with Crippen molar-refractivity contribution in [3.05, 3.63) is 12.2 Å². The summed E-state index contributed by atoms with van der Waals surface area (Å²) in [7, 11) is 0. The van der Waals surface area contributed by atoms with E-state index in [9.17, 15) is 9.59 Å². The van der Waals surface area contributed by atoms with Crippen LogP contribution in [0.15, 0.2) is 12.2 Å². The quantitative estimate of drug-likeness (QED) is 0.349. The fourth-order valence-electron chi connectivity index (χ4n) is 0.264. The van der Waals surface area contributed by atoms with E-state index in [1.165, 1.54) is 13.8 Å². The second kappa shape index (κ2) is 3.88. The second-order valence-corrected chi connectivity index (χ2v) is 2.16. The van der Waals surface area contributed by atoms with E-state index in [4.69, 9.17) is 5.11 Å². The van der Waals surface area contributed by atoms with Crippen LogP contribution >= 0.6 is 0 Å². The van der Waals surface area contributed by atoms with Crippen molar-refractivity contribution in [2.45, 2.75) is 20.0 Å². The van der Waals surface area contributed by atoms with E-state index in [2.05, 4.69) is 11.3 Å². The maximum absolute atomic E-state index is 10.6. The summed E-state index contributed by atoms with van der Waals surface area (Å²) in [5, 5.41) is 8.60. The lowest BCUT2D eigenvalue weighted by Gasteiger charge is -2.02. The fraction of sp³-hybridized carbons (Fsp3) is 0.429. The molecule has 0 saturated carbocycles. The minimum absolute atomic E-state index is 0.124. The third-order valence-electron chi connectivity index (χ3n) is 0.883. The van der Waals surface area contributed by atoms with Crippen LogP contribution in [0.2, 0.25) is 0 Å². The Bertz CT molecular complexity index is 193. The Morgan fingerprint density at radius 3 is 2.27 bits per heavy atom. The number of esters is 2. The van der Waals surface area contributed by atoms with Gasteiger partial charge in [-0.3, -0.25) is 0 Å². The van der Waals surface area contributed by atoms with Crippen molar-refractivity contribution in [3.63, 3.8) is 0 Å². The third-order valence-corrected chi connectivity index (χ3v) is 0.883. The summed E-state index contributed by atoms with van der Waals surface area (Å²) >= 11 is 0. The Hall–Kier alpha value is -1.16. The maximum Gasteiger partial charge on any atom is 0.342 e. The fourth-order valence-corrected chi connectivity index (χ4v) is 0.264. The van der Waals surface area contributed by atoms with Gasteiger partial charge in [0, 0.05) is 5.57 Å². The number of aliphatic hydroxyl groups excluding tert-OH is 1. The average Bonchev–Trinajstić information content (AvgIpc) is 1.87. The highest BCUT2D eigenvalue weighted by atomic mass is 16.6. The minimum atomic E-state index is -1.28. The molecule has 62 valence electrons. The summed E-state index contributed by atoms with van der Waals surface area (Å²) in [5.41, 5.74) is 0.124. The zero-order valence-corrected chi connectivity index (χ0v) is 6.46. The molecule has 0 fully saturated rings.